The van der Waals surface area contributed by atoms with Crippen molar-refractivity contribution in [2.24, 2.45) is 0 Å². The van der Waals surface area contributed by atoms with Gasteiger partial charge in [0.2, 0.25) is 0 Å². The van der Waals surface area contributed by atoms with Crippen molar-refractivity contribution in [3.05, 3.63) is 29.8 Å². The Labute approximate surface area is 139 Å². The largest absolute Gasteiger partial charge is 0.374 e. The molecule has 0 spiro atoms. The van der Waals surface area contributed by atoms with E-state index < -0.39 is 0 Å². The Bertz CT molecular complexity index is 526. The van der Waals surface area contributed by atoms with Gasteiger partial charge in [-0.15, -0.1) is 0 Å². The third kappa shape index (κ3) is 5.52. The Hall–Kier alpha value is -1.59. The van der Waals surface area contributed by atoms with Crippen LogP contribution in [0.5, 0.6) is 0 Å². The molecule has 0 aliphatic carbocycles. The van der Waals surface area contributed by atoms with Gasteiger partial charge >= 0.3 is 6.03 Å². The van der Waals surface area contributed by atoms with Crippen LogP contribution in [0.3, 0.4) is 0 Å². The summed E-state index contributed by atoms with van der Waals surface area (Å²) in [5, 5.41) is 2.95. The minimum atomic E-state index is -0.312. The first-order valence-electron chi connectivity index (χ1n) is 8.19. The lowest BCUT2D eigenvalue weighted by molar-refractivity contribution is -0.116. The minimum Gasteiger partial charge on any atom is -0.374 e. The molecule has 1 heterocycles. The second-order valence-corrected chi connectivity index (χ2v) is 7.06. The van der Waals surface area contributed by atoms with Crippen molar-refractivity contribution in [1.82, 2.24) is 4.90 Å². The number of ether oxygens (including phenoxy) is 2. The summed E-state index contributed by atoms with van der Waals surface area (Å²) in [6, 6.07) is 7.69. The summed E-state index contributed by atoms with van der Waals surface area (Å²) in [5.74, 6) is 0. The molecular weight excluding hydrogens is 292 g/mol. The normalized spacial score (nSPS) is 20.6. The topological polar surface area (TPSA) is 50.8 Å². The van der Waals surface area contributed by atoms with Crippen molar-refractivity contribution in [2.75, 3.05) is 18.4 Å². The molecule has 1 atom stereocenters. The van der Waals surface area contributed by atoms with Crippen LogP contribution in [0, 0.1) is 0 Å². The molecule has 128 valence electrons. The maximum atomic E-state index is 12.4. The average Bonchev–Trinajstić information content (AvgIpc) is 2.44. The van der Waals surface area contributed by atoms with Gasteiger partial charge in [-0.25, -0.2) is 4.79 Å². The summed E-state index contributed by atoms with van der Waals surface area (Å²) in [6.45, 7) is 11.8. The number of amides is 2. The van der Waals surface area contributed by atoms with Crippen molar-refractivity contribution in [1.29, 1.82) is 0 Å². The van der Waals surface area contributed by atoms with Gasteiger partial charge in [0.1, 0.15) is 0 Å². The fourth-order valence-corrected chi connectivity index (χ4v) is 2.76. The smallest absolute Gasteiger partial charge is 0.322 e. The van der Waals surface area contributed by atoms with Crippen LogP contribution in [0.4, 0.5) is 10.5 Å². The van der Waals surface area contributed by atoms with E-state index in [0.717, 1.165) is 11.3 Å². The number of anilines is 1. The molecule has 5 nitrogen and oxygen atoms in total. The maximum Gasteiger partial charge on any atom is 0.322 e. The molecule has 0 unspecified atom stereocenters. The van der Waals surface area contributed by atoms with E-state index in [4.69, 9.17) is 9.47 Å². The van der Waals surface area contributed by atoms with Gasteiger partial charge in [-0.2, -0.15) is 0 Å². The highest BCUT2D eigenvalue weighted by molar-refractivity contribution is 5.89. The van der Waals surface area contributed by atoms with Crippen molar-refractivity contribution >= 4 is 11.7 Å². The number of urea groups is 1. The second-order valence-electron chi connectivity index (χ2n) is 7.06. The molecule has 23 heavy (non-hydrogen) atoms. The number of hydrogen-bond donors (Lipinski definition) is 1. The Kier molecular flexibility index (Phi) is 5.65. The zero-order valence-electron chi connectivity index (χ0n) is 14.8. The summed E-state index contributed by atoms with van der Waals surface area (Å²) < 4.78 is 11.4. The summed E-state index contributed by atoms with van der Waals surface area (Å²) >= 11 is 0. The molecule has 2 amide bonds. The highest BCUT2D eigenvalue weighted by Gasteiger charge is 2.33. The van der Waals surface area contributed by atoms with E-state index in [9.17, 15) is 4.79 Å². The summed E-state index contributed by atoms with van der Waals surface area (Å²) in [4.78, 5) is 14.2. The molecular formula is C18H28N2O3. The van der Waals surface area contributed by atoms with E-state index in [0.29, 0.717) is 19.7 Å². The molecule has 0 aromatic heterocycles. The highest BCUT2D eigenvalue weighted by atomic mass is 16.5. The summed E-state index contributed by atoms with van der Waals surface area (Å²) in [7, 11) is 0. The van der Waals surface area contributed by atoms with Crippen molar-refractivity contribution in [3.8, 4) is 0 Å². The van der Waals surface area contributed by atoms with Gasteiger partial charge in [-0.05, 0) is 52.3 Å². The molecule has 2 rings (SSSR count). The maximum absolute atomic E-state index is 12.4. The van der Waals surface area contributed by atoms with Crippen molar-refractivity contribution in [3.63, 3.8) is 0 Å². The van der Waals surface area contributed by atoms with Gasteiger partial charge in [-0.1, -0.05) is 12.1 Å². The van der Waals surface area contributed by atoms with Gasteiger partial charge < -0.3 is 19.7 Å². The van der Waals surface area contributed by atoms with Gasteiger partial charge in [0, 0.05) is 12.2 Å². The molecule has 5 heteroatoms. The molecule has 1 N–H and O–H groups in total. The fourth-order valence-electron chi connectivity index (χ4n) is 2.76. The number of morpholine rings is 1. The molecule has 1 aliphatic heterocycles. The molecule has 0 bridgehead atoms. The lowest BCUT2D eigenvalue weighted by Crippen LogP contribution is -2.54. The third-order valence-corrected chi connectivity index (χ3v) is 3.65. The molecule has 1 aromatic rings. The first-order chi connectivity index (χ1) is 10.7. The lowest BCUT2D eigenvalue weighted by Gasteiger charge is -2.41. The predicted octanol–water partition coefficient (Wildman–Crippen LogP) is 3.64. The first-order valence-corrected chi connectivity index (χ1v) is 8.19. The standard InChI is InChI=1S/C18H28N2O3/c1-13(2)22-11-15-6-8-16(9-7-15)19-17(21)20-10-14(3)23-18(4,5)12-20/h6-9,13-14H,10-12H2,1-5H3,(H,19,21)/t14-/m1/s1. The first kappa shape index (κ1) is 17.8. The lowest BCUT2D eigenvalue weighted by atomic mass is 10.1. The Morgan fingerprint density at radius 3 is 2.61 bits per heavy atom. The fraction of sp³-hybridized carbons (Fsp3) is 0.611. The summed E-state index contributed by atoms with van der Waals surface area (Å²) in [5.41, 5.74) is 1.57. The number of carbonyl (C=O) groups is 1. The predicted molar refractivity (Wildman–Crippen MR) is 91.6 cm³/mol. The van der Waals surface area contributed by atoms with Crippen LogP contribution in [0.25, 0.3) is 0 Å². The monoisotopic (exact) mass is 320 g/mol. The van der Waals surface area contributed by atoms with Crippen molar-refractivity contribution in [2.45, 2.75) is 59.0 Å². The van der Waals surface area contributed by atoms with Crippen molar-refractivity contribution < 1.29 is 14.3 Å². The quantitative estimate of drug-likeness (QED) is 0.921. The van der Waals surface area contributed by atoms with Gasteiger partial charge in [0.15, 0.2) is 0 Å². The van der Waals surface area contributed by atoms with E-state index in [1.165, 1.54) is 0 Å². The van der Waals surface area contributed by atoms with Crippen LogP contribution >= 0.6 is 0 Å². The molecule has 1 fully saturated rings. The SMILES string of the molecule is CC(C)OCc1ccc(NC(=O)N2C[C@@H](C)OC(C)(C)C2)cc1. The molecule has 0 saturated carbocycles. The van der Waals surface area contributed by atoms with Gasteiger partial charge in [-0.3, -0.25) is 0 Å². The second kappa shape index (κ2) is 7.32. The Morgan fingerprint density at radius 1 is 1.39 bits per heavy atom. The zero-order valence-corrected chi connectivity index (χ0v) is 14.8. The zero-order chi connectivity index (χ0) is 17.0. The van der Waals surface area contributed by atoms with Crippen LogP contribution in [-0.2, 0) is 16.1 Å². The Morgan fingerprint density at radius 2 is 2.04 bits per heavy atom. The van der Waals surface area contributed by atoms with Gasteiger partial charge in [0.25, 0.3) is 0 Å². The van der Waals surface area contributed by atoms with E-state index >= 15 is 0 Å². The number of nitrogens with one attached hydrogen (secondary N) is 1. The molecule has 1 aromatic carbocycles. The number of rotatable bonds is 4. The number of nitrogens with zero attached hydrogens (tertiary/aromatic N) is 1. The average molecular weight is 320 g/mol. The molecule has 1 saturated heterocycles. The van der Waals surface area contributed by atoms with Crippen LogP contribution in [0.15, 0.2) is 24.3 Å². The van der Waals surface area contributed by atoms with Crippen LogP contribution < -0.4 is 5.32 Å². The van der Waals surface area contributed by atoms with E-state index in [1.807, 2.05) is 63.8 Å². The van der Waals surface area contributed by atoms with Crippen LogP contribution in [0.1, 0.15) is 40.2 Å². The number of benzene rings is 1. The third-order valence-electron chi connectivity index (χ3n) is 3.65. The van der Waals surface area contributed by atoms with E-state index in [2.05, 4.69) is 5.32 Å². The molecule has 1 aliphatic rings. The van der Waals surface area contributed by atoms with E-state index in [-0.39, 0.29) is 23.8 Å². The van der Waals surface area contributed by atoms with Gasteiger partial charge in [0.05, 0.1) is 31.0 Å². The van der Waals surface area contributed by atoms with Crippen LogP contribution in [-0.4, -0.2) is 41.8 Å². The summed E-state index contributed by atoms with van der Waals surface area (Å²) in [6.07, 6.45) is 0.251. The Balaban J connectivity index is 1.92. The van der Waals surface area contributed by atoms with Crippen LogP contribution in [0.2, 0.25) is 0 Å². The minimum absolute atomic E-state index is 0.0417. The van der Waals surface area contributed by atoms with E-state index in [1.54, 1.807) is 0 Å². The highest BCUT2D eigenvalue weighted by Crippen LogP contribution is 2.21. The number of hydrogen-bond acceptors (Lipinski definition) is 3. The number of carbonyl (C=O) groups excluding carboxylic acids is 1. The molecule has 0 radical (unpaired) electrons.